The van der Waals surface area contributed by atoms with Gasteiger partial charge in [0.1, 0.15) is 15.7 Å². The lowest BCUT2D eigenvalue weighted by Gasteiger charge is -2.08. The molecule has 0 bridgehead atoms. The molecular formula is C22H26N6O2S. The number of benzene rings is 1. The van der Waals surface area contributed by atoms with Crippen LogP contribution in [0.4, 0.5) is 16.3 Å². The number of nitrogen functional groups attached to an aromatic ring is 1. The Morgan fingerprint density at radius 1 is 1.13 bits per heavy atom. The maximum absolute atomic E-state index is 12.2. The summed E-state index contributed by atoms with van der Waals surface area (Å²) in [5, 5.41) is 9.05. The fourth-order valence-electron chi connectivity index (χ4n) is 2.87. The highest BCUT2D eigenvalue weighted by Crippen LogP contribution is 2.30. The Balaban J connectivity index is 1.64. The van der Waals surface area contributed by atoms with E-state index in [0.717, 1.165) is 41.1 Å². The number of nitrogens with two attached hydrogens (primary N) is 1. The van der Waals surface area contributed by atoms with Gasteiger partial charge in [0.25, 0.3) is 5.91 Å². The van der Waals surface area contributed by atoms with E-state index in [0.29, 0.717) is 22.9 Å². The van der Waals surface area contributed by atoms with Gasteiger partial charge in [-0.15, -0.1) is 11.3 Å². The summed E-state index contributed by atoms with van der Waals surface area (Å²) in [5.41, 5.74) is 8.80. The summed E-state index contributed by atoms with van der Waals surface area (Å²) >= 11 is 1.38. The molecule has 0 saturated carbocycles. The van der Waals surface area contributed by atoms with Crippen LogP contribution in [-0.4, -0.2) is 29.0 Å². The van der Waals surface area contributed by atoms with Crippen molar-refractivity contribution in [1.29, 1.82) is 0 Å². The molecule has 0 spiro atoms. The quantitative estimate of drug-likeness (QED) is 0.426. The number of hydrogen-bond acceptors (Lipinski definition) is 6. The highest BCUT2D eigenvalue weighted by molar-refractivity contribution is 7.17. The topological polar surface area (TPSA) is 122 Å². The minimum atomic E-state index is -0.317. The number of carbonyl (C=O) groups is 2. The van der Waals surface area contributed by atoms with Crippen LogP contribution in [0.2, 0.25) is 0 Å². The summed E-state index contributed by atoms with van der Waals surface area (Å²) < 4.78 is 0. The molecule has 1 aromatic carbocycles. The lowest BCUT2D eigenvalue weighted by molar-refractivity contribution is 0.0966. The van der Waals surface area contributed by atoms with Gasteiger partial charge in [0.05, 0.1) is 5.69 Å². The molecule has 3 amide bonds. The maximum atomic E-state index is 12.2. The van der Waals surface area contributed by atoms with Crippen molar-refractivity contribution in [2.24, 2.45) is 0 Å². The van der Waals surface area contributed by atoms with E-state index >= 15 is 0 Å². The van der Waals surface area contributed by atoms with Crippen molar-refractivity contribution in [3.05, 3.63) is 58.7 Å². The first-order chi connectivity index (χ1) is 15.0. The lowest BCUT2D eigenvalue weighted by atomic mass is 10.1. The normalized spacial score (nSPS) is 10.5. The Bertz CT molecular complexity index is 1030. The van der Waals surface area contributed by atoms with Gasteiger partial charge in [0.2, 0.25) is 0 Å². The number of urea groups is 1. The van der Waals surface area contributed by atoms with Crippen molar-refractivity contribution in [2.45, 2.75) is 32.7 Å². The Morgan fingerprint density at radius 3 is 2.55 bits per heavy atom. The predicted molar refractivity (Wildman–Crippen MR) is 124 cm³/mol. The molecule has 9 heteroatoms. The van der Waals surface area contributed by atoms with Crippen LogP contribution in [0.5, 0.6) is 0 Å². The average Bonchev–Trinajstić information content (AvgIpc) is 3.21. The van der Waals surface area contributed by atoms with Gasteiger partial charge in [-0.2, -0.15) is 0 Å². The number of pyridine rings is 1. The molecule has 0 aliphatic heterocycles. The SMILES string of the molecule is CCCCc1nc(-c2ccc(NC(=O)NCc3ccc(N)nc3)cc2)sc1C(=O)NC. The van der Waals surface area contributed by atoms with E-state index in [9.17, 15) is 9.59 Å². The van der Waals surface area contributed by atoms with E-state index in [-0.39, 0.29) is 11.9 Å². The molecule has 0 aliphatic rings. The van der Waals surface area contributed by atoms with E-state index in [1.165, 1.54) is 11.3 Å². The van der Waals surface area contributed by atoms with Gasteiger partial charge in [0, 0.05) is 31.0 Å². The summed E-state index contributed by atoms with van der Waals surface area (Å²) in [7, 11) is 1.63. The second-order valence-electron chi connectivity index (χ2n) is 6.95. The fourth-order valence-corrected chi connectivity index (χ4v) is 3.94. The summed E-state index contributed by atoms with van der Waals surface area (Å²) in [6, 6.07) is 10.6. The third-order valence-corrected chi connectivity index (χ3v) is 5.73. The van der Waals surface area contributed by atoms with Gasteiger partial charge in [-0.05, 0) is 48.7 Å². The first kappa shape index (κ1) is 22.2. The van der Waals surface area contributed by atoms with Crippen molar-refractivity contribution < 1.29 is 9.59 Å². The van der Waals surface area contributed by atoms with E-state index in [1.54, 1.807) is 19.3 Å². The smallest absolute Gasteiger partial charge is 0.319 e. The summed E-state index contributed by atoms with van der Waals surface area (Å²) in [6.45, 7) is 2.46. The monoisotopic (exact) mass is 438 g/mol. The van der Waals surface area contributed by atoms with E-state index in [1.807, 2.05) is 30.3 Å². The molecule has 2 aromatic heterocycles. The Kier molecular flexibility index (Phi) is 7.55. The minimum absolute atomic E-state index is 0.110. The summed E-state index contributed by atoms with van der Waals surface area (Å²) in [5.74, 6) is 0.328. The van der Waals surface area contributed by atoms with Crippen molar-refractivity contribution in [3.63, 3.8) is 0 Å². The minimum Gasteiger partial charge on any atom is -0.384 e. The Labute approximate surface area is 185 Å². The zero-order valence-electron chi connectivity index (χ0n) is 17.6. The molecule has 8 nitrogen and oxygen atoms in total. The van der Waals surface area contributed by atoms with Gasteiger partial charge in [-0.1, -0.05) is 19.4 Å². The maximum Gasteiger partial charge on any atom is 0.319 e. The number of unbranched alkanes of at least 4 members (excludes halogenated alkanes) is 1. The zero-order chi connectivity index (χ0) is 22.2. The predicted octanol–water partition coefficient (Wildman–Crippen LogP) is 3.81. The number of hydrogen-bond donors (Lipinski definition) is 4. The van der Waals surface area contributed by atoms with Crippen molar-refractivity contribution in [2.75, 3.05) is 18.1 Å². The first-order valence-electron chi connectivity index (χ1n) is 10.1. The molecular weight excluding hydrogens is 412 g/mol. The number of thiazole rings is 1. The molecule has 31 heavy (non-hydrogen) atoms. The lowest BCUT2D eigenvalue weighted by Crippen LogP contribution is -2.28. The Morgan fingerprint density at radius 2 is 1.90 bits per heavy atom. The van der Waals surface area contributed by atoms with Gasteiger partial charge in [0.15, 0.2) is 0 Å². The van der Waals surface area contributed by atoms with Gasteiger partial charge in [-0.3, -0.25) is 4.79 Å². The van der Waals surface area contributed by atoms with Crippen LogP contribution in [0, 0.1) is 0 Å². The van der Waals surface area contributed by atoms with Crippen LogP contribution in [0.25, 0.3) is 10.6 Å². The molecule has 0 atom stereocenters. The second kappa shape index (κ2) is 10.5. The average molecular weight is 439 g/mol. The molecule has 5 N–H and O–H groups in total. The molecule has 0 aliphatic carbocycles. The van der Waals surface area contributed by atoms with Crippen LogP contribution >= 0.6 is 11.3 Å². The fraction of sp³-hybridized carbons (Fsp3) is 0.273. The Hall–Kier alpha value is -3.46. The van der Waals surface area contributed by atoms with Crippen molar-refractivity contribution in [3.8, 4) is 10.6 Å². The van der Waals surface area contributed by atoms with Gasteiger partial charge in [-0.25, -0.2) is 14.8 Å². The highest BCUT2D eigenvalue weighted by Gasteiger charge is 2.17. The summed E-state index contributed by atoms with van der Waals surface area (Å²) in [4.78, 5) is 33.7. The largest absolute Gasteiger partial charge is 0.384 e. The highest BCUT2D eigenvalue weighted by atomic mass is 32.1. The van der Waals surface area contributed by atoms with Gasteiger partial charge < -0.3 is 21.7 Å². The third-order valence-electron chi connectivity index (χ3n) is 4.59. The molecule has 162 valence electrons. The first-order valence-corrected chi connectivity index (χ1v) is 10.9. The molecule has 0 saturated heterocycles. The number of rotatable bonds is 8. The summed E-state index contributed by atoms with van der Waals surface area (Å²) in [6.07, 6.45) is 4.42. The van der Waals surface area contributed by atoms with E-state index < -0.39 is 0 Å². The van der Waals surface area contributed by atoms with E-state index in [4.69, 9.17) is 5.73 Å². The van der Waals surface area contributed by atoms with Crippen LogP contribution in [0.1, 0.15) is 40.7 Å². The number of nitrogens with one attached hydrogen (secondary N) is 3. The standard InChI is InChI=1S/C22H26N6O2S/c1-3-4-5-17-19(20(29)24-2)31-21(28-17)15-7-9-16(10-8-15)27-22(30)26-13-14-6-11-18(23)25-12-14/h6-12H,3-5,13H2,1-2H3,(H2,23,25)(H,24,29)(H2,26,27,30). The van der Waals surface area contributed by atoms with Crippen molar-refractivity contribution in [1.82, 2.24) is 20.6 Å². The zero-order valence-corrected chi connectivity index (χ0v) is 18.4. The number of anilines is 2. The number of aromatic nitrogens is 2. The molecule has 0 unspecified atom stereocenters. The number of amides is 3. The number of aryl methyl sites for hydroxylation is 1. The van der Waals surface area contributed by atoms with Gasteiger partial charge >= 0.3 is 6.03 Å². The number of nitrogens with zero attached hydrogens (tertiary/aromatic N) is 2. The van der Waals surface area contributed by atoms with Crippen LogP contribution in [0.15, 0.2) is 42.6 Å². The van der Waals surface area contributed by atoms with Crippen LogP contribution in [0.3, 0.4) is 0 Å². The molecule has 3 rings (SSSR count). The van der Waals surface area contributed by atoms with E-state index in [2.05, 4.69) is 32.8 Å². The number of carbonyl (C=O) groups excluding carboxylic acids is 2. The van der Waals surface area contributed by atoms with Crippen LogP contribution in [-0.2, 0) is 13.0 Å². The van der Waals surface area contributed by atoms with Crippen molar-refractivity contribution >= 4 is 34.8 Å². The third kappa shape index (κ3) is 6.02. The second-order valence-corrected chi connectivity index (χ2v) is 7.95. The molecule has 0 radical (unpaired) electrons. The van der Waals surface area contributed by atoms with Crippen LogP contribution < -0.4 is 21.7 Å². The molecule has 0 fully saturated rings. The molecule has 2 heterocycles. The molecule has 3 aromatic rings.